The number of rotatable bonds is 12. The molecule has 1 heterocycles. The van der Waals surface area contributed by atoms with E-state index in [1.54, 1.807) is 18.2 Å². The molecule has 0 saturated heterocycles. The zero-order valence-electron chi connectivity index (χ0n) is 24.4. The van der Waals surface area contributed by atoms with Gasteiger partial charge in [0.2, 0.25) is 0 Å². The Labute approximate surface area is 255 Å². The molecule has 0 aliphatic carbocycles. The van der Waals surface area contributed by atoms with Crippen molar-refractivity contribution >= 4 is 29.7 Å². The molecular formula is C33H30N6O5. The number of esters is 1. The van der Waals surface area contributed by atoms with Crippen molar-refractivity contribution in [2.75, 3.05) is 38.3 Å². The number of nitrogens with one attached hydrogen (secondary N) is 1. The predicted octanol–water partition coefficient (Wildman–Crippen LogP) is 4.15. The Morgan fingerprint density at radius 1 is 1.00 bits per heavy atom. The normalized spacial score (nSPS) is 12.3. The zero-order chi connectivity index (χ0) is 32.1. The average Bonchev–Trinajstić information content (AvgIpc) is 3.29. The van der Waals surface area contributed by atoms with Gasteiger partial charge in [-0.05, 0) is 36.3 Å². The maximum Gasteiger partial charge on any atom is 0.407 e. The van der Waals surface area contributed by atoms with E-state index in [-0.39, 0.29) is 54.3 Å². The van der Waals surface area contributed by atoms with Gasteiger partial charge in [0.1, 0.15) is 31.4 Å². The van der Waals surface area contributed by atoms with Crippen LogP contribution in [-0.2, 0) is 25.6 Å². The minimum Gasteiger partial charge on any atom is -0.460 e. The summed E-state index contributed by atoms with van der Waals surface area (Å²) < 4.78 is 10.0. The lowest BCUT2D eigenvalue weighted by Gasteiger charge is -2.19. The SMILES string of the molecule is C=C(C)C(=O)OCCNC(=O)OCCN(C)c1ccc(/C=C/C2=C(C#N)C(=C(C#N)C#N)N(Cc3ccccc3)C2=O)cc1. The van der Waals surface area contributed by atoms with Gasteiger partial charge in [-0.1, -0.05) is 55.1 Å². The number of allylic oxidation sites excluding steroid dienone is 2. The molecule has 0 unspecified atom stereocenters. The van der Waals surface area contributed by atoms with Crippen molar-refractivity contribution in [1.29, 1.82) is 15.8 Å². The summed E-state index contributed by atoms with van der Waals surface area (Å²) in [6.45, 7) is 5.76. The van der Waals surface area contributed by atoms with Crippen LogP contribution in [-0.4, -0.2) is 56.2 Å². The number of hydrogen-bond acceptors (Lipinski definition) is 9. The van der Waals surface area contributed by atoms with Crippen molar-refractivity contribution in [2.45, 2.75) is 13.5 Å². The van der Waals surface area contributed by atoms with E-state index in [9.17, 15) is 30.2 Å². The van der Waals surface area contributed by atoms with E-state index in [2.05, 4.69) is 11.9 Å². The molecule has 3 rings (SSSR count). The molecule has 0 spiro atoms. The molecular weight excluding hydrogens is 560 g/mol. The van der Waals surface area contributed by atoms with Gasteiger partial charge in [0.15, 0.2) is 5.57 Å². The molecule has 2 aromatic rings. The molecule has 1 aliphatic rings. The van der Waals surface area contributed by atoms with Crippen LogP contribution in [0.1, 0.15) is 18.1 Å². The van der Waals surface area contributed by atoms with Gasteiger partial charge in [-0.15, -0.1) is 0 Å². The molecule has 2 aromatic carbocycles. The largest absolute Gasteiger partial charge is 0.460 e. The number of hydrogen-bond donors (Lipinski definition) is 1. The fraction of sp³-hybridized carbons (Fsp3) is 0.212. The van der Waals surface area contributed by atoms with Crippen LogP contribution in [0, 0.1) is 34.0 Å². The van der Waals surface area contributed by atoms with Crippen LogP contribution in [0.15, 0.2) is 95.2 Å². The first-order valence-corrected chi connectivity index (χ1v) is 13.5. The molecule has 44 heavy (non-hydrogen) atoms. The summed E-state index contributed by atoms with van der Waals surface area (Å²) in [5.74, 6) is -1.01. The number of likely N-dealkylation sites (N-methyl/N-ethyl adjacent to an activating group) is 1. The number of nitrogens with zero attached hydrogens (tertiary/aromatic N) is 5. The van der Waals surface area contributed by atoms with Crippen molar-refractivity contribution in [3.05, 3.63) is 106 Å². The fourth-order valence-corrected chi connectivity index (χ4v) is 4.09. The molecule has 11 nitrogen and oxygen atoms in total. The first kappa shape index (κ1) is 32.4. The predicted molar refractivity (Wildman–Crippen MR) is 162 cm³/mol. The molecule has 11 heteroatoms. The highest BCUT2D eigenvalue weighted by atomic mass is 16.6. The Morgan fingerprint density at radius 3 is 2.30 bits per heavy atom. The van der Waals surface area contributed by atoms with Crippen LogP contribution in [0.5, 0.6) is 0 Å². The van der Waals surface area contributed by atoms with Gasteiger partial charge in [0.05, 0.1) is 36.5 Å². The summed E-state index contributed by atoms with van der Waals surface area (Å²) in [6, 6.07) is 22.1. The lowest BCUT2D eigenvalue weighted by molar-refractivity contribution is -0.138. The van der Waals surface area contributed by atoms with Crippen LogP contribution in [0.2, 0.25) is 0 Å². The highest BCUT2D eigenvalue weighted by Gasteiger charge is 2.36. The summed E-state index contributed by atoms with van der Waals surface area (Å²) in [4.78, 5) is 39.7. The van der Waals surface area contributed by atoms with E-state index in [1.165, 1.54) is 17.9 Å². The number of nitriles is 3. The lowest BCUT2D eigenvalue weighted by Crippen LogP contribution is -2.31. The molecule has 0 saturated carbocycles. The van der Waals surface area contributed by atoms with Gasteiger partial charge in [-0.25, -0.2) is 9.59 Å². The second kappa shape index (κ2) is 15.8. The van der Waals surface area contributed by atoms with Gasteiger partial charge >= 0.3 is 12.1 Å². The first-order chi connectivity index (χ1) is 21.2. The highest BCUT2D eigenvalue weighted by Crippen LogP contribution is 2.34. The molecule has 0 fully saturated rings. The Hall–Kier alpha value is -6.12. The molecule has 1 aliphatic heterocycles. The van der Waals surface area contributed by atoms with Gasteiger partial charge in [0, 0.05) is 18.3 Å². The molecule has 0 aromatic heterocycles. The maximum absolute atomic E-state index is 13.4. The van der Waals surface area contributed by atoms with E-state index in [0.717, 1.165) is 16.8 Å². The number of ether oxygens (including phenoxy) is 2. The quantitative estimate of drug-likeness (QED) is 0.166. The van der Waals surface area contributed by atoms with Crippen LogP contribution in [0.4, 0.5) is 10.5 Å². The van der Waals surface area contributed by atoms with Crippen molar-refractivity contribution in [3.63, 3.8) is 0 Å². The van der Waals surface area contributed by atoms with Gasteiger partial charge in [-0.2, -0.15) is 15.8 Å². The fourth-order valence-electron chi connectivity index (χ4n) is 4.09. The van der Waals surface area contributed by atoms with Crippen molar-refractivity contribution in [3.8, 4) is 18.2 Å². The number of amides is 2. The summed E-state index contributed by atoms with van der Waals surface area (Å²) in [5.41, 5.74) is 2.40. The monoisotopic (exact) mass is 590 g/mol. The third kappa shape index (κ3) is 8.45. The van der Waals surface area contributed by atoms with Crippen LogP contribution in [0.3, 0.4) is 0 Å². The third-order valence-electron chi connectivity index (χ3n) is 6.40. The Bertz CT molecular complexity index is 1620. The van der Waals surface area contributed by atoms with E-state index < -0.39 is 18.0 Å². The standard InChI is InChI=1S/C33H30N6O5/c1-23(2)32(41)43-17-15-37-33(42)44-18-16-38(3)27-12-9-24(10-13-27)11-14-28-29(21-36)30(26(19-34)20-35)39(31(28)40)22-25-7-5-4-6-8-25/h4-14H,1,15-18,22H2,2-3H3,(H,37,42)/b14-11+. The minimum absolute atomic E-state index is 0.00471. The Morgan fingerprint density at radius 2 is 1.68 bits per heavy atom. The molecule has 0 bridgehead atoms. The summed E-state index contributed by atoms with van der Waals surface area (Å²) in [6.07, 6.45) is 2.57. The number of carbonyl (C=O) groups is 3. The number of carbonyl (C=O) groups excluding carboxylic acids is 3. The van der Waals surface area contributed by atoms with Crippen molar-refractivity contribution in [1.82, 2.24) is 10.2 Å². The van der Waals surface area contributed by atoms with E-state index in [0.29, 0.717) is 6.54 Å². The summed E-state index contributed by atoms with van der Waals surface area (Å²) in [5, 5.41) is 31.4. The van der Waals surface area contributed by atoms with Crippen LogP contribution < -0.4 is 10.2 Å². The number of anilines is 1. The first-order valence-electron chi connectivity index (χ1n) is 13.5. The smallest absolute Gasteiger partial charge is 0.407 e. The van der Waals surface area contributed by atoms with Crippen LogP contribution >= 0.6 is 0 Å². The highest BCUT2D eigenvalue weighted by molar-refractivity contribution is 6.05. The maximum atomic E-state index is 13.4. The second-order valence-electron chi connectivity index (χ2n) is 9.55. The molecule has 0 radical (unpaired) electrons. The minimum atomic E-state index is -0.630. The van der Waals surface area contributed by atoms with E-state index >= 15 is 0 Å². The third-order valence-corrected chi connectivity index (χ3v) is 6.40. The van der Waals surface area contributed by atoms with Crippen molar-refractivity contribution in [2.24, 2.45) is 0 Å². The zero-order valence-corrected chi connectivity index (χ0v) is 24.4. The molecule has 1 N–H and O–H groups in total. The lowest BCUT2D eigenvalue weighted by atomic mass is 10.1. The molecule has 2 amide bonds. The molecule has 0 atom stereocenters. The Balaban J connectivity index is 1.62. The number of alkyl carbamates (subject to hydrolysis) is 1. The number of benzene rings is 2. The van der Waals surface area contributed by atoms with E-state index in [4.69, 9.17) is 9.47 Å². The second-order valence-corrected chi connectivity index (χ2v) is 9.55. The average molecular weight is 591 g/mol. The van der Waals surface area contributed by atoms with Gasteiger partial charge < -0.3 is 24.6 Å². The Kier molecular flexibility index (Phi) is 11.6. The topological polar surface area (TPSA) is 160 Å². The van der Waals surface area contributed by atoms with Gasteiger partial charge in [-0.3, -0.25) is 4.79 Å². The van der Waals surface area contributed by atoms with Gasteiger partial charge in [0.25, 0.3) is 5.91 Å². The van der Waals surface area contributed by atoms with Crippen LogP contribution in [0.25, 0.3) is 6.08 Å². The van der Waals surface area contributed by atoms with Crippen molar-refractivity contribution < 1.29 is 23.9 Å². The summed E-state index contributed by atoms with van der Waals surface area (Å²) in [7, 11) is 1.83. The summed E-state index contributed by atoms with van der Waals surface area (Å²) >= 11 is 0. The van der Waals surface area contributed by atoms with E-state index in [1.807, 2.05) is 72.6 Å². The molecule has 222 valence electrons.